The molecule has 0 aromatic rings. The Morgan fingerprint density at radius 3 is 1.68 bits per heavy atom. The van der Waals surface area contributed by atoms with Gasteiger partial charge in [0.25, 0.3) is 0 Å². The van der Waals surface area contributed by atoms with E-state index in [2.05, 4.69) is 55.4 Å². The summed E-state index contributed by atoms with van der Waals surface area (Å²) in [5.41, 5.74) is 0.537. The lowest BCUT2D eigenvalue weighted by molar-refractivity contribution is 0.223. The minimum absolute atomic E-state index is 0.105. The van der Waals surface area contributed by atoms with E-state index in [4.69, 9.17) is 10.7 Å². The fourth-order valence-electron chi connectivity index (χ4n) is 3.57. The summed E-state index contributed by atoms with van der Waals surface area (Å²) in [7, 11) is 2.10. The number of halogens is 1. The van der Waals surface area contributed by atoms with Crippen molar-refractivity contribution in [3.05, 3.63) is 0 Å². The number of rotatable bonds is 8. The molecule has 0 spiro atoms. The second kappa shape index (κ2) is 8.37. The fraction of sp³-hybridized carbons (Fsp3) is 1.00. The van der Waals surface area contributed by atoms with E-state index in [1.54, 1.807) is 0 Å². The maximum atomic E-state index is 11.6. The van der Waals surface area contributed by atoms with Crippen molar-refractivity contribution in [3.8, 4) is 0 Å². The third-order valence-electron chi connectivity index (χ3n) is 4.14. The first-order valence-electron chi connectivity index (χ1n) is 8.51. The molecule has 0 aliphatic heterocycles. The highest BCUT2D eigenvalue weighted by Gasteiger charge is 2.27. The van der Waals surface area contributed by atoms with Gasteiger partial charge in [-0.05, 0) is 47.8 Å². The third kappa shape index (κ3) is 12.8. The highest BCUT2D eigenvalue weighted by Crippen LogP contribution is 2.34. The maximum absolute atomic E-state index is 11.6. The molecule has 134 valence electrons. The molecule has 0 fully saturated rings. The van der Waals surface area contributed by atoms with Gasteiger partial charge in [0, 0.05) is 10.7 Å². The Morgan fingerprint density at radius 1 is 0.864 bits per heavy atom. The van der Waals surface area contributed by atoms with E-state index >= 15 is 0 Å². The van der Waals surface area contributed by atoms with Crippen LogP contribution in [0.15, 0.2) is 0 Å². The summed E-state index contributed by atoms with van der Waals surface area (Å²) >= 11 is 0. The van der Waals surface area contributed by atoms with Gasteiger partial charge in [0.05, 0.1) is 5.75 Å². The Hall–Kier alpha value is 0.240. The summed E-state index contributed by atoms with van der Waals surface area (Å²) < 4.78 is 23.1. The van der Waals surface area contributed by atoms with Gasteiger partial charge in [-0.3, -0.25) is 0 Å². The molecular formula is C18H37ClO2S. The molecule has 0 heterocycles. The van der Waals surface area contributed by atoms with Gasteiger partial charge in [-0.25, -0.2) is 8.42 Å². The van der Waals surface area contributed by atoms with E-state index in [1.165, 1.54) is 6.42 Å². The first-order chi connectivity index (χ1) is 9.59. The predicted molar refractivity (Wildman–Crippen MR) is 98.8 cm³/mol. The lowest BCUT2D eigenvalue weighted by Gasteiger charge is -2.30. The molecule has 0 rings (SSSR count). The number of hydrogen-bond acceptors (Lipinski definition) is 2. The Morgan fingerprint density at radius 2 is 1.32 bits per heavy atom. The van der Waals surface area contributed by atoms with Crippen LogP contribution in [0.4, 0.5) is 0 Å². The quantitative estimate of drug-likeness (QED) is 0.495. The van der Waals surface area contributed by atoms with Crippen molar-refractivity contribution < 1.29 is 8.42 Å². The highest BCUT2D eigenvalue weighted by atomic mass is 35.7. The van der Waals surface area contributed by atoms with Crippen molar-refractivity contribution in [2.75, 3.05) is 5.75 Å². The monoisotopic (exact) mass is 352 g/mol. The minimum Gasteiger partial charge on any atom is -0.212 e. The molecule has 0 aliphatic carbocycles. The molecule has 0 saturated heterocycles. The fourth-order valence-corrected chi connectivity index (χ4v) is 5.06. The second-order valence-corrected chi connectivity index (χ2v) is 12.5. The molecule has 2 nitrogen and oxygen atoms in total. The normalized spacial score (nSPS) is 18.0. The minimum atomic E-state index is -3.43. The summed E-state index contributed by atoms with van der Waals surface area (Å²) in [6.45, 7) is 17.8. The highest BCUT2D eigenvalue weighted by molar-refractivity contribution is 8.13. The second-order valence-electron chi connectivity index (χ2n) is 9.65. The van der Waals surface area contributed by atoms with Gasteiger partial charge in [-0.15, -0.1) is 0 Å². The lowest BCUT2D eigenvalue weighted by Crippen LogP contribution is -2.25. The first-order valence-corrected chi connectivity index (χ1v) is 11.0. The number of hydrogen-bond donors (Lipinski definition) is 0. The largest absolute Gasteiger partial charge is 0.232 e. The Bertz CT molecular complexity index is 415. The molecular weight excluding hydrogens is 316 g/mol. The Kier molecular flexibility index (Phi) is 8.46. The standard InChI is InChI=1S/C18H37ClO2S/c1-14(11-17(3,4)5)9-10-16(13-22(19,20)21)15(2)12-18(6,7)8/h14-16H,9-13H2,1-8H3/t14-,15+,16-/m1/s1. The Balaban J connectivity index is 4.74. The molecule has 0 aromatic heterocycles. The smallest absolute Gasteiger partial charge is 0.212 e. The van der Waals surface area contributed by atoms with Crippen LogP contribution in [0.2, 0.25) is 0 Å². The van der Waals surface area contributed by atoms with Crippen LogP contribution in [0.25, 0.3) is 0 Å². The molecule has 0 aliphatic rings. The van der Waals surface area contributed by atoms with Gasteiger partial charge in [0.1, 0.15) is 0 Å². The molecule has 0 saturated carbocycles. The van der Waals surface area contributed by atoms with Crippen LogP contribution in [0.1, 0.15) is 81.1 Å². The molecule has 3 atom stereocenters. The molecule has 0 amide bonds. The van der Waals surface area contributed by atoms with E-state index in [9.17, 15) is 8.42 Å². The van der Waals surface area contributed by atoms with E-state index in [0.29, 0.717) is 17.3 Å². The molecule has 0 radical (unpaired) electrons. The van der Waals surface area contributed by atoms with E-state index in [0.717, 1.165) is 19.3 Å². The lowest BCUT2D eigenvalue weighted by atomic mass is 9.77. The zero-order valence-electron chi connectivity index (χ0n) is 15.9. The van der Waals surface area contributed by atoms with Crippen LogP contribution in [-0.2, 0) is 9.05 Å². The predicted octanol–water partition coefficient (Wildman–Crippen LogP) is 6.10. The van der Waals surface area contributed by atoms with Gasteiger partial charge in [0.2, 0.25) is 9.05 Å². The zero-order valence-corrected chi connectivity index (χ0v) is 17.4. The van der Waals surface area contributed by atoms with Crippen molar-refractivity contribution in [1.82, 2.24) is 0 Å². The first kappa shape index (κ1) is 22.2. The van der Waals surface area contributed by atoms with Crippen LogP contribution >= 0.6 is 10.7 Å². The molecule has 22 heavy (non-hydrogen) atoms. The molecule has 0 aromatic carbocycles. The van der Waals surface area contributed by atoms with Gasteiger partial charge in [0.15, 0.2) is 0 Å². The Labute approximate surface area is 143 Å². The van der Waals surface area contributed by atoms with E-state index in [1.807, 2.05) is 0 Å². The van der Waals surface area contributed by atoms with Gasteiger partial charge in [-0.2, -0.15) is 0 Å². The zero-order chi connectivity index (χ0) is 17.8. The van der Waals surface area contributed by atoms with Crippen molar-refractivity contribution in [2.45, 2.75) is 81.1 Å². The van der Waals surface area contributed by atoms with Gasteiger partial charge < -0.3 is 0 Å². The summed E-state index contributed by atoms with van der Waals surface area (Å²) in [6.07, 6.45) is 4.21. The van der Waals surface area contributed by atoms with Crippen molar-refractivity contribution in [1.29, 1.82) is 0 Å². The average Bonchev–Trinajstić information content (AvgIpc) is 2.17. The van der Waals surface area contributed by atoms with Crippen LogP contribution in [-0.4, -0.2) is 14.2 Å². The van der Waals surface area contributed by atoms with Crippen molar-refractivity contribution in [2.24, 2.45) is 28.6 Å². The third-order valence-corrected chi connectivity index (χ3v) is 5.35. The van der Waals surface area contributed by atoms with Crippen LogP contribution in [0.3, 0.4) is 0 Å². The van der Waals surface area contributed by atoms with Crippen molar-refractivity contribution in [3.63, 3.8) is 0 Å². The summed E-state index contributed by atoms with van der Waals surface area (Å²) in [4.78, 5) is 0. The molecule has 0 bridgehead atoms. The van der Waals surface area contributed by atoms with Crippen LogP contribution in [0, 0.1) is 28.6 Å². The van der Waals surface area contributed by atoms with Gasteiger partial charge >= 0.3 is 0 Å². The van der Waals surface area contributed by atoms with Gasteiger partial charge in [-0.1, -0.05) is 61.8 Å². The SMILES string of the molecule is C[C@H](CC[C@H](CS(=O)(=O)Cl)[C@@H](C)CC(C)(C)C)CC(C)(C)C. The summed E-state index contributed by atoms with van der Waals surface area (Å²) in [6, 6.07) is 0. The molecule has 0 unspecified atom stereocenters. The average molecular weight is 353 g/mol. The molecule has 0 N–H and O–H groups in total. The van der Waals surface area contributed by atoms with Crippen LogP contribution < -0.4 is 0 Å². The summed E-state index contributed by atoms with van der Waals surface area (Å²) in [5.74, 6) is 1.25. The molecule has 4 heteroatoms. The van der Waals surface area contributed by atoms with Crippen molar-refractivity contribution >= 4 is 19.7 Å². The summed E-state index contributed by atoms with van der Waals surface area (Å²) in [5, 5.41) is 0. The van der Waals surface area contributed by atoms with E-state index in [-0.39, 0.29) is 17.1 Å². The topological polar surface area (TPSA) is 34.1 Å². The maximum Gasteiger partial charge on any atom is 0.232 e. The van der Waals surface area contributed by atoms with Crippen LogP contribution in [0.5, 0.6) is 0 Å². The van der Waals surface area contributed by atoms with E-state index < -0.39 is 9.05 Å².